The molecule has 1 aliphatic heterocycles. The molecule has 1 fully saturated rings. The van der Waals surface area contributed by atoms with Crippen LogP contribution in [-0.4, -0.2) is 28.8 Å². The van der Waals surface area contributed by atoms with E-state index >= 15 is 0 Å². The Morgan fingerprint density at radius 2 is 1.72 bits per heavy atom. The number of aromatic nitrogens is 2. The van der Waals surface area contributed by atoms with Gasteiger partial charge in [0.15, 0.2) is 0 Å². The normalized spacial score (nSPS) is 14.7. The van der Waals surface area contributed by atoms with Crippen LogP contribution in [0, 0.1) is 20.8 Å². The van der Waals surface area contributed by atoms with Crippen molar-refractivity contribution in [3.05, 3.63) is 76.6 Å². The minimum Gasteiger partial charge on any atom is -0.322 e. The van der Waals surface area contributed by atoms with E-state index in [9.17, 15) is 4.79 Å². The van der Waals surface area contributed by atoms with Crippen LogP contribution in [0.25, 0.3) is 5.69 Å². The van der Waals surface area contributed by atoms with Crippen LogP contribution in [0.4, 0.5) is 5.69 Å². The molecule has 1 saturated heterocycles. The molecule has 2 heterocycles. The van der Waals surface area contributed by atoms with Gasteiger partial charge in [0.2, 0.25) is 0 Å². The van der Waals surface area contributed by atoms with Gasteiger partial charge in [-0.3, -0.25) is 4.79 Å². The fraction of sp³-hybridized carbons (Fsp3) is 0.333. The van der Waals surface area contributed by atoms with Gasteiger partial charge in [0.1, 0.15) is 0 Å². The summed E-state index contributed by atoms with van der Waals surface area (Å²) in [6.07, 6.45) is 3.72. The van der Waals surface area contributed by atoms with Gasteiger partial charge in [0.25, 0.3) is 5.91 Å². The van der Waals surface area contributed by atoms with Gasteiger partial charge >= 0.3 is 0 Å². The number of hydrogen-bond acceptors (Lipinski definition) is 3. The van der Waals surface area contributed by atoms with Gasteiger partial charge in [0.05, 0.1) is 23.1 Å². The minimum atomic E-state index is -0.0937. The molecule has 0 unspecified atom stereocenters. The third-order valence-corrected chi connectivity index (χ3v) is 5.69. The summed E-state index contributed by atoms with van der Waals surface area (Å²) in [6.45, 7) is 8.07. The van der Waals surface area contributed by atoms with Crippen LogP contribution < -0.4 is 10.6 Å². The fourth-order valence-electron chi connectivity index (χ4n) is 4.06. The van der Waals surface area contributed by atoms with E-state index in [1.807, 2.05) is 23.7 Å². The van der Waals surface area contributed by atoms with Crippen molar-refractivity contribution >= 4 is 11.6 Å². The Morgan fingerprint density at radius 1 is 1.03 bits per heavy atom. The van der Waals surface area contributed by atoms with Gasteiger partial charge in [-0.1, -0.05) is 35.4 Å². The highest BCUT2D eigenvalue weighted by molar-refractivity contribution is 6.05. The Morgan fingerprint density at radius 3 is 2.41 bits per heavy atom. The van der Waals surface area contributed by atoms with E-state index in [1.165, 1.54) is 11.1 Å². The van der Waals surface area contributed by atoms with Crippen molar-refractivity contribution in [1.82, 2.24) is 15.1 Å². The molecule has 3 aromatic rings. The molecule has 0 aliphatic carbocycles. The van der Waals surface area contributed by atoms with Gasteiger partial charge < -0.3 is 10.6 Å². The van der Waals surface area contributed by atoms with Gasteiger partial charge in [-0.2, -0.15) is 5.10 Å². The SMILES string of the molecule is Cc1ccc(-n2ncc(C(=O)Nc3ccc(C)cc3C)c2C2CCNCC2)cc1. The summed E-state index contributed by atoms with van der Waals surface area (Å²) in [5.74, 6) is 0.212. The van der Waals surface area contributed by atoms with Crippen LogP contribution in [0.2, 0.25) is 0 Å². The smallest absolute Gasteiger partial charge is 0.259 e. The Kier molecular flexibility index (Phi) is 5.49. The second-order valence-corrected chi connectivity index (χ2v) is 7.99. The lowest BCUT2D eigenvalue weighted by molar-refractivity contribution is 0.102. The van der Waals surface area contributed by atoms with Crippen molar-refractivity contribution in [2.45, 2.75) is 39.5 Å². The fourth-order valence-corrected chi connectivity index (χ4v) is 4.06. The Hall–Kier alpha value is -2.92. The quantitative estimate of drug-likeness (QED) is 0.691. The van der Waals surface area contributed by atoms with Gasteiger partial charge in [-0.15, -0.1) is 0 Å². The Bertz CT molecular complexity index is 1010. The standard InChI is InChI=1S/C24H28N4O/c1-16-4-7-20(8-5-16)28-23(19-10-12-25-13-11-19)21(15-26-28)24(29)27-22-9-6-17(2)14-18(22)3/h4-9,14-15,19,25H,10-13H2,1-3H3,(H,27,29). The summed E-state index contributed by atoms with van der Waals surface area (Å²) in [5.41, 5.74) is 6.97. The van der Waals surface area contributed by atoms with Crippen molar-refractivity contribution < 1.29 is 4.79 Å². The summed E-state index contributed by atoms with van der Waals surface area (Å²) >= 11 is 0. The van der Waals surface area contributed by atoms with Gasteiger partial charge in [-0.25, -0.2) is 4.68 Å². The highest BCUT2D eigenvalue weighted by atomic mass is 16.1. The molecule has 0 saturated carbocycles. The van der Waals surface area contributed by atoms with E-state index in [-0.39, 0.29) is 5.91 Å². The predicted molar refractivity (Wildman–Crippen MR) is 117 cm³/mol. The summed E-state index contributed by atoms with van der Waals surface area (Å²) in [5, 5.41) is 11.1. The average Bonchev–Trinajstić information content (AvgIpc) is 3.16. The zero-order chi connectivity index (χ0) is 20.4. The van der Waals surface area contributed by atoms with Gasteiger partial charge in [0, 0.05) is 11.6 Å². The molecule has 2 aromatic carbocycles. The van der Waals surface area contributed by atoms with Crippen molar-refractivity contribution in [1.29, 1.82) is 0 Å². The third kappa shape index (κ3) is 4.10. The van der Waals surface area contributed by atoms with E-state index in [4.69, 9.17) is 0 Å². The van der Waals surface area contributed by atoms with E-state index < -0.39 is 0 Å². The molecule has 2 N–H and O–H groups in total. The number of carbonyl (C=O) groups excluding carboxylic acids is 1. The summed E-state index contributed by atoms with van der Waals surface area (Å²) in [4.78, 5) is 13.2. The number of piperidine rings is 1. The molecule has 5 heteroatoms. The summed E-state index contributed by atoms with van der Waals surface area (Å²) < 4.78 is 1.95. The molecule has 150 valence electrons. The molecule has 5 nitrogen and oxygen atoms in total. The predicted octanol–water partition coefficient (Wildman–Crippen LogP) is 4.52. The monoisotopic (exact) mass is 388 g/mol. The number of hydrogen-bond donors (Lipinski definition) is 2. The first-order valence-corrected chi connectivity index (χ1v) is 10.3. The maximum absolute atomic E-state index is 13.2. The van der Waals surface area contributed by atoms with Crippen molar-refractivity contribution in [2.24, 2.45) is 0 Å². The molecule has 1 aromatic heterocycles. The number of nitrogens with zero attached hydrogens (tertiary/aromatic N) is 2. The molecule has 0 radical (unpaired) electrons. The first kappa shape index (κ1) is 19.4. The van der Waals surface area contributed by atoms with E-state index in [0.29, 0.717) is 11.5 Å². The number of rotatable bonds is 4. The number of nitrogens with one attached hydrogen (secondary N) is 2. The second-order valence-electron chi connectivity index (χ2n) is 7.99. The molecule has 4 rings (SSSR count). The highest BCUT2D eigenvalue weighted by Crippen LogP contribution is 2.31. The average molecular weight is 389 g/mol. The number of aryl methyl sites for hydroxylation is 3. The number of carbonyl (C=O) groups is 1. The number of amides is 1. The molecule has 0 atom stereocenters. The Labute approximate surface area is 172 Å². The third-order valence-electron chi connectivity index (χ3n) is 5.69. The molecule has 1 aliphatic rings. The lowest BCUT2D eigenvalue weighted by Crippen LogP contribution is -2.29. The maximum Gasteiger partial charge on any atom is 0.259 e. The second kappa shape index (κ2) is 8.21. The zero-order valence-electron chi connectivity index (χ0n) is 17.3. The first-order valence-electron chi connectivity index (χ1n) is 10.3. The molecular formula is C24H28N4O. The minimum absolute atomic E-state index is 0.0937. The lowest BCUT2D eigenvalue weighted by Gasteiger charge is -2.25. The van der Waals surface area contributed by atoms with Crippen LogP contribution in [-0.2, 0) is 0 Å². The maximum atomic E-state index is 13.2. The number of anilines is 1. The van der Waals surface area contributed by atoms with E-state index in [1.54, 1.807) is 6.20 Å². The Balaban J connectivity index is 1.72. The van der Waals surface area contributed by atoms with Crippen molar-refractivity contribution in [3.63, 3.8) is 0 Å². The summed E-state index contributed by atoms with van der Waals surface area (Å²) in [6, 6.07) is 14.4. The molecule has 1 amide bonds. The van der Waals surface area contributed by atoms with E-state index in [0.717, 1.165) is 48.6 Å². The lowest BCUT2D eigenvalue weighted by atomic mass is 9.91. The zero-order valence-corrected chi connectivity index (χ0v) is 17.3. The van der Waals surface area contributed by atoms with Crippen LogP contribution in [0.15, 0.2) is 48.7 Å². The largest absolute Gasteiger partial charge is 0.322 e. The van der Waals surface area contributed by atoms with Crippen LogP contribution in [0.3, 0.4) is 0 Å². The van der Waals surface area contributed by atoms with Crippen LogP contribution >= 0.6 is 0 Å². The topological polar surface area (TPSA) is 59.0 Å². The van der Waals surface area contributed by atoms with Gasteiger partial charge in [-0.05, 0) is 70.5 Å². The molecule has 0 bridgehead atoms. The van der Waals surface area contributed by atoms with Crippen LogP contribution in [0.5, 0.6) is 0 Å². The van der Waals surface area contributed by atoms with E-state index in [2.05, 4.69) is 59.9 Å². The molecule has 0 spiro atoms. The number of benzene rings is 2. The van der Waals surface area contributed by atoms with Crippen molar-refractivity contribution in [2.75, 3.05) is 18.4 Å². The first-order chi connectivity index (χ1) is 14.0. The highest BCUT2D eigenvalue weighted by Gasteiger charge is 2.27. The van der Waals surface area contributed by atoms with Crippen LogP contribution in [0.1, 0.15) is 51.5 Å². The van der Waals surface area contributed by atoms with Crippen molar-refractivity contribution in [3.8, 4) is 5.69 Å². The summed E-state index contributed by atoms with van der Waals surface area (Å²) in [7, 11) is 0. The molecular weight excluding hydrogens is 360 g/mol. The molecule has 29 heavy (non-hydrogen) atoms.